The van der Waals surface area contributed by atoms with Gasteiger partial charge >= 0.3 is 5.97 Å². The minimum atomic E-state index is -3.44. The van der Waals surface area contributed by atoms with Crippen LogP contribution < -0.4 is 4.90 Å². The van der Waals surface area contributed by atoms with Crippen molar-refractivity contribution < 1.29 is 17.9 Å². The second-order valence-corrected chi connectivity index (χ2v) is 7.83. The molecule has 1 aromatic rings. The Morgan fingerprint density at radius 3 is 2.62 bits per heavy atom. The summed E-state index contributed by atoms with van der Waals surface area (Å²) in [6.07, 6.45) is 4.23. The van der Waals surface area contributed by atoms with Gasteiger partial charge in [0.1, 0.15) is 0 Å². The molecule has 0 unspecified atom stereocenters. The van der Waals surface area contributed by atoms with Crippen LogP contribution in [0.1, 0.15) is 26.2 Å². The second kappa shape index (κ2) is 7.69. The zero-order chi connectivity index (χ0) is 17.7. The summed E-state index contributed by atoms with van der Waals surface area (Å²) in [6, 6.07) is 1.25. The van der Waals surface area contributed by atoms with Gasteiger partial charge in [0.2, 0.25) is 0 Å². The average molecular weight is 355 g/mol. The number of hydrogen-bond acceptors (Lipinski definition) is 8. The highest BCUT2D eigenvalue weighted by Gasteiger charge is 2.25. The molecular weight excluding hydrogens is 334 g/mol. The Morgan fingerprint density at radius 2 is 2.08 bits per heavy atom. The first-order valence-electron chi connectivity index (χ1n) is 7.79. The fourth-order valence-corrected chi connectivity index (χ4v) is 3.32. The lowest BCUT2D eigenvalue weighted by molar-refractivity contribution is -0.144. The minimum absolute atomic E-state index is 0.0155. The van der Waals surface area contributed by atoms with E-state index < -0.39 is 9.84 Å². The summed E-state index contributed by atoms with van der Waals surface area (Å²) >= 11 is 0. The maximum Gasteiger partial charge on any atom is 0.306 e. The molecule has 0 N–H and O–H groups in total. The molecule has 0 atom stereocenters. The summed E-state index contributed by atoms with van der Waals surface area (Å²) in [5.74, 6) is 0.428. The largest absolute Gasteiger partial charge is 0.466 e. The molecule has 0 spiro atoms. The Kier molecular flexibility index (Phi) is 5.87. The van der Waals surface area contributed by atoms with Crippen molar-refractivity contribution in [3.8, 4) is 0 Å². The lowest BCUT2D eigenvalue weighted by atomic mass is 9.93. The van der Waals surface area contributed by atoms with E-state index >= 15 is 0 Å². The molecule has 1 aliphatic rings. The van der Waals surface area contributed by atoms with Crippen molar-refractivity contribution in [2.75, 3.05) is 30.9 Å². The fourth-order valence-electron chi connectivity index (χ4n) is 2.75. The van der Waals surface area contributed by atoms with Crippen LogP contribution in [-0.4, -0.2) is 45.3 Å². The Hall–Kier alpha value is -2.03. The summed E-state index contributed by atoms with van der Waals surface area (Å²) in [5, 5.41) is 2.92. The van der Waals surface area contributed by atoms with E-state index in [1.807, 2.05) is 4.90 Å². The number of esters is 1. The number of pyridine rings is 1. The number of anilines is 1. The maximum absolute atomic E-state index is 11.5. The van der Waals surface area contributed by atoms with Crippen molar-refractivity contribution in [3.63, 3.8) is 0 Å². The Balaban J connectivity index is 2.06. The monoisotopic (exact) mass is 355 g/mol. The quantitative estimate of drug-likeness (QED) is 0.568. The maximum atomic E-state index is 11.5. The minimum Gasteiger partial charge on any atom is -0.466 e. The molecule has 1 saturated heterocycles. The molecule has 0 bridgehead atoms. The van der Waals surface area contributed by atoms with Crippen LogP contribution in [0, 0.1) is 10.8 Å². The van der Waals surface area contributed by atoms with Gasteiger partial charge in [0.25, 0.3) is 0 Å². The van der Waals surface area contributed by atoms with Gasteiger partial charge in [0.05, 0.1) is 11.5 Å². The van der Waals surface area contributed by atoms with E-state index in [0.29, 0.717) is 31.9 Å². The summed E-state index contributed by atoms with van der Waals surface area (Å²) in [4.78, 5) is 28.6. The molecule has 132 valence electrons. The smallest absolute Gasteiger partial charge is 0.306 e. The zero-order valence-electron chi connectivity index (χ0n) is 13.8. The van der Waals surface area contributed by atoms with Gasteiger partial charge in [0, 0.05) is 32.0 Å². The number of carbonyl (C=O) groups is 1. The number of nitrogens with zero attached hydrogens (tertiary/aromatic N) is 3. The summed E-state index contributed by atoms with van der Waals surface area (Å²) in [6.45, 7) is 3.40. The van der Waals surface area contributed by atoms with Crippen LogP contribution in [0.3, 0.4) is 0 Å². The SMILES string of the molecule is CCOC(=O)CC1CCN(c2ncc(S(C)(=O)=O)cc2N=O)CC1. The molecule has 1 aliphatic heterocycles. The summed E-state index contributed by atoms with van der Waals surface area (Å²) in [7, 11) is -3.44. The summed E-state index contributed by atoms with van der Waals surface area (Å²) in [5.41, 5.74) is 0.0155. The van der Waals surface area contributed by atoms with E-state index in [0.717, 1.165) is 19.1 Å². The molecule has 2 rings (SSSR count). The van der Waals surface area contributed by atoms with Crippen LogP contribution in [0.2, 0.25) is 0 Å². The molecule has 1 fully saturated rings. The van der Waals surface area contributed by atoms with Crippen molar-refractivity contribution in [1.82, 2.24) is 4.98 Å². The number of ether oxygens (including phenoxy) is 1. The van der Waals surface area contributed by atoms with Crippen LogP contribution in [0.15, 0.2) is 22.3 Å². The molecule has 0 radical (unpaired) electrons. The molecule has 0 saturated carbocycles. The lowest BCUT2D eigenvalue weighted by Crippen LogP contribution is -2.35. The molecule has 0 amide bonds. The number of rotatable bonds is 6. The van der Waals surface area contributed by atoms with Crippen LogP contribution in [-0.2, 0) is 19.4 Å². The molecule has 2 heterocycles. The first-order valence-corrected chi connectivity index (χ1v) is 9.68. The third-order valence-corrected chi connectivity index (χ3v) is 5.10. The normalized spacial score (nSPS) is 16.0. The predicted octanol–water partition coefficient (Wildman–Crippen LogP) is 2.05. The fraction of sp³-hybridized carbons (Fsp3) is 0.600. The van der Waals surface area contributed by atoms with E-state index in [2.05, 4.69) is 10.2 Å². The van der Waals surface area contributed by atoms with Crippen LogP contribution in [0.4, 0.5) is 11.5 Å². The Bertz CT molecular complexity index is 712. The molecule has 24 heavy (non-hydrogen) atoms. The molecule has 8 nitrogen and oxygen atoms in total. The van der Waals surface area contributed by atoms with Crippen molar-refractivity contribution in [2.45, 2.75) is 31.1 Å². The first-order chi connectivity index (χ1) is 11.3. The van der Waals surface area contributed by atoms with E-state index in [1.165, 1.54) is 12.3 Å². The van der Waals surface area contributed by atoms with Crippen LogP contribution in [0.5, 0.6) is 0 Å². The van der Waals surface area contributed by atoms with Crippen molar-refractivity contribution in [3.05, 3.63) is 17.2 Å². The standard InChI is InChI=1S/C15H21N3O5S/c1-3-23-14(19)8-11-4-6-18(7-5-11)15-13(17-20)9-12(10-16-15)24(2,21)22/h9-11H,3-8H2,1-2H3. The number of piperidine rings is 1. The van der Waals surface area contributed by atoms with Crippen molar-refractivity contribution in [1.29, 1.82) is 0 Å². The number of sulfone groups is 1. The number of nitroso groups, excluding NO2 is 1. The van der Waals surface area contributed by atoms with Gasteiger partial charge in [0.15, 0.2) is 21.3 Å². The highest BCUT2D eigenvalue weighted by Crippen LogP contribution is 2.32. The number of carbonyl (C=O) groups excluding carboxylic acids is 1. The zero-order valence-corrected chi connectivity index (χ0v) is 14.6. The van der Waals surface area contributed by atoms with Crippen molar-refractivity contribution in [2.24, 2.45) is 11.1 Å². The van der Waals surface area contributed by atoms with E-state index in [1.54, 1.807) is 6.92 Å². The molecule has 1 aromatic heterocycles. The van der Waals surface area contributed by atoms with Gasteiger partial charge in [-0.3, -0.25) is 4.79 Å². The average Bonchev–Trinajstić information content (AvgIpc) is 2.54. The topological polar surface area (TPSA) is 106 Å². The number of aromatic nitrogens is 1. The van der Waals surface area contributed by atoms with Gasteiger partial charge in [-0.05, 0) is 36.9 Å². The van der Waals surface area contributed by atoms with E-state index in [4.69, 9.17) is 4.74 Å². The third-order valence-electron chi connectivity index (χ3n) is 4.02. The van der Waals surface area contributed by atoms with Gasteiger partial charge in [-0.1, -0.05) is 0 Å². The van der Waals surface area contributed by atoms with Gasteiger partial charge < -0.3 is 9.64 Å². The van der Waals surface area contributed by atoms with Crippen LogP contribution >= 0.6 is 0 Å². The van der Waals surface area contributed by atoms with Gasteiger partial charge in [-0.15, -0.1) is 4.91 Å². The number of hydrogen-bond donors (Lipinski definition) is 0. The molecule has 9 heteroatoms. The predicted molar refractivity (Wildman–Crippen MR) is 89.0 cm³/mol. The van der Waals surface area contributed by atoms with Gasteiger partial charge in [-0.2, -0.15) is 0 Å². The lowest BCUT2D eigenvalue weighted by Gasteiger charge is -2.32. The van der Waals surface area contributed by atoms with Crippen LogP contribution in [0.25, 0.3) is 0 Å². The first kappa shape index (κ1) is 18.3. The molecular formula is C15H21N3O5S. The third kappa shape index (κ3) is 4.50. The Morgan fingerprint density at radius 1 is 1.42 bits per heavy atom. The van der Waals surface area contributed by atoms with Gasteiger partial charge in [-0.25, -0.2) is 13.4 Å². The van der Waals surface area contributed by atoms with E-state index in [-0.39, 0.29) is 22.5 Å². The molecule has 0 aromatic carbocycles. The van der Waals surface area contributed by atoms with E-state index in [9.17, 15) is 18.1 Å². The van der Waals surface area contributed by atoms with Crippen molar-refractivity contribution >= 4 is 27.3 Å². The second-order valence-electron chi connectivity index (χ2n) is 5.82. The highest BCUT2D eigenvalue weighted by molar-refractivity contribution is 7.90. The summed E-state index contributed by atoms with van der Waals surface area (Å²) < 4.78 is 28.1. The molecule has 0 aliphatic carbocycles. The highest BCUT2D eigenvalue weighted by atomic mass is 32.2. The Labute approximate surface area is 141 Å².